The van der Waals surface area contributed by atoms with E-state index in [1.165, 1.54) is 0 Å². The molecule has 0 aromatic heterocycles. The lowest BCUT2D eigenvalue weighted by atomic mass is 9.94. The van der Waals surface area contributed by atoms with Crippen LogP contribution in [0.2, 0.25) is 0 Å². The maximum atomic E-state index is 14.4. The zero-order valence-electron chi connectivity index (χ0n) is 39.4. The second kappa shape index (κ2) is 23.4. The maximum Gasteiger partial charge on any atom is 0.338 e. The van der Waals surface area contributed by atoms with Crippen molar-refractivity contribution in [2.24, 2.45) is 0 Å². The van der Waals surface area contributed by atoms with E-state index < -0.39 is 73.3 Å². The Balaban J connectivity index is 1.03. The molecule has 368 valence electrons. The molecule has 3 saturated heterocycles. The lowest BCUT2D eigenvalue weighted by Crippen LogP contribution is -2.68. The summed E-state index contributed by atoms with van der Waals surface area (Å²) < 4.78 is 59.7. The Morgan fingerprint density at radius 3 is 1.69 bits per heavy atom. The molecule has 72 heavy (non-hydrogen) atoms. The molecule has 0 aliphatic carbocycles. The van der Waals surface area contributed by atoms with Crippen molar-refractivity contribution >= 4 is 28.6 Å². The van der Waals surface area contributed by atoms with Crippen LogP contribution >= 0.6 is 0 Å². The molecule has 7 aromatic rings. The number of fused-ring (bicyclic) bond motifs is 3. The van der Waals surface area contributed by atoms with Crippen LogP contribution in [0.25, 0.3) is 10.8 Å². The highest BCUT2D eigenvalue weighted by Crippen LogP contribution is 2.38. The molecule has 3 fully saturated rings. The summed E-state index contributed by atoms with van der Waals surface area (Å²) in [5.74, 6) is -1.52. The van der Waals surface area contributed by atoms with E-state index in [0.717, 1.165) is 33.0 Å². The first kappa shape index (κ1) is 48.6. The number of carbonyl (C=O) groups is 3. The fourth-order valence-electron chi connectivity index (χ4n) is 9.33. The van der Waals surface area contributed by atoms with Crippen LogP contribution < -0.4 is 5.32 Å². The smallest absolute Gasteiger partial charge is 0.338 e. The van der Waals surface area contributed by atoms with Crippen molar-refractivity contribution in [3.05, 3.63) is 228 Å². The van der Waals surface area contributed by atoms with Gasteiger partial charge < -0.3 is 47.9 Å². The number of nitrogens with one attached hydrogen (secondary N) is 1. The third-order valence-corrected chi connectivity index (χ3v) is 13.0. The maximum absolute atomic E-state index is 14.4. The number of carbonyl (C=O) groups excluding carboxylic acids is 3. The molecule has 0 radical (unpaired) electrons. The number of ether oxygens (including phenoxy) is 9. The molecular formula is C59H55NO12. The van der Waals surface area contributed by atoms with Crippen molar-refractivity contribution in [3.8, 4) is 0 Å². The van der Waals surface area contributed by atoms with E-state index in [4.69, 9.17) is 42.6 Å². The Morgan fingerprint density at radius 2 is 1.04 bits per heavy atom. The van der Waals surface area contributed by atoms with Crippen LogP contribution in [0, 0.1) is 0 Å². The molecule has 7 aromatic carbocycles. The van der Waals surface area contributed by atoms with Gasteiger partial charge in [0, 0.05) is 0 Å². The van der Waals surface area contributed by atoms with Gasteiger partial charge >= 0.3 is 11.9 Å². The van der Waals surface area contributed by atoms with E-state index in [0.29, 0.717) is 11.1 Å². The normalized spacial score (nSPS) is 24.6. The van der Waals surface area contributed by atoms with Crippen LogP contribution in [-0.4, -0.2) is 92.4 Å². The summed E-state index contributed by atoms with van der Waals surface area (Å²) >= 11 is 0. The summed E-state index contributed by atoms with van der Waals surface area (Å²) in [6.07, 6.45) is -9.08. The van der Waals surface area contributed by atoms with Crippen LogP contribution in [0.5, 0.6) is 0 Å². The Hall–Kier alpha value is -7.07. The summed E-state index contributed by atoms with van der Waals surface area (Å²) in [4.78, 5) is 42.0. The van der Waals surface area contributed by atoms with Gasteiger partial charge in [-0.25, -0.2) is 9.59 Å². The molecule has 0 saturated carbocycles. The zero-order chi connectivity index (χ0) is 49.1. The molecule has 3 aliphatic rings. The summed E-state index contributed by atoms with van der Waals surface area (Å²) in [6, 6.07) is 59.0. The van der Waals surface area contributed by atoms with E-state index in [9.17, 15) is 14.4 Å². The Labute approximate surface area is 417 Å². The minimum absolute atomic E-state index is 0.0290. The molecule has 2 bridgehead atoms. The van der Waals surface area contributed by atoms with Gasteiger partial charge in [0.25, 0.3) is 0 Å². The number of hydrogen-bond acceptors (Lipinski definition) is 12. The van der Waals surface area contributed by atoms with Gasteiger partial charge in [-0.05, 0) is 63.4 Å². The predicted octanol–water partition coefficient (Wildman–Crippen LogP) is 8.57. The van der Waals surface area contributed by atoms with Crippen LogP contribution in [0.15, 0.2) is 194 Å². The fourth-order valence-corrected chi connectivity index (χ4v) is 9.33. The van der Waals surface area contributed by atoms with Crippen molar-refractivity contribution in [3.63, 3.8) is 0 Å². The summed E-state index contributed by atoms with van der Waals surface area (Å²) in [5, 5.41) is 5.35. The van der Waals surface area contributed by atoms with E-state index >= 15 is 0 Å². The monoisotopic (exact) mass is 969 g/mol. The standard InChI is InChI=1S/C59H55NO12/c61-49(33-39-18-6-1-7-19-39)60-50-53(65-34-40-20-8-2-9-21-40)51(64-36-42-30-31-43-24-16-17-29-46(43)32-42)47(37-67-56(62)44-25-12-4-13-26-44)69-58(50)72-52-48-38-68-59(70-48)55(71-57(63)45-27-14-5-15-28-45)54(52)66-35-41-22-10-3-11-23-41/h1-32,47-48,50-55,58-59H,33-38H2,(H,60,61)/t47-,48+,50-,51-,52+,53-,54-,55-,58-,59-/m1/s1. The van der Waals surface area contributed by atoms with Gasteiger partial charge in [0.1, 0.15) is 49.3 Å². The van der Waals surface area contributed by atoms with Crippen molar-refractivity contribution in [1.29, 1.82) is 0 Å². The topological polar surface area (TPSA) is 146 Å². The quantitative estimate of drug-likeness (QED) is 0.0775. The first-order valence-electron chi connectivity index (χ1n) is 24.2. The number of benzene rings is 7. The predicted molar refractivity (Wildman–Crippen MR) is 265 cm³/mol. The number of rotatable bonds is 19. The van der Waals surface area contributed by atoms with E-state index in [1.54, 1.807) is 48.5 Å². The molecule has 13 heteroatoms. The van der Waals surface area contributed by atoms with E-state index in [-0.39, 0.29) is 45.4 Å². The Bertz CT molecular complexity index is 2860. The number of esters is 2. The van der Waals surface area contributed by atoms with E-state index in [2.05, 4.69) is 11.4 Å². The fraction of sp³-hybridized carbons (Fsp3) is 0.271. The van der Waals surface area contributed by atoms with Gasteiger partial charge in [0.05, 0.1) is 44.0 Å². The second-order valence-corrected chi connectivity index (χ2v) is 18.0. The number of amides is 1. The SMILES string of the molecule is O=C(Cc1ccccc1)N[C@H]1[C@@H](O[C@@H]2[C@@H](OCc3ccccc3)[C@@H](OC(=O)c3ccccc3)[C@@H]3OC[C@@H]2O3)O[C@H](COC(=O)c2ccccc2)[C@@H](OCc2ccc3ccccc3c2)[C@@H]1OCc1ccccc1. The first-order valence-corrected chi connectivity index (χ1v) is 24.2. The average molecular weight is 970 g/mol. The van der Waals surface area contributed by atoms with Crippen molar-refractivity contribution in [2.45, 2.75) is 87.6 Å². The highest BCUT2D eigenvalue weighted by molar-refractivity contribution is 5.90. The van der Waals surface area contributed by atoms with Gasteiger partial charge in [0.15, 0.2) is 18.7 Å². The van der Waals surface area contributed by atoms with Gasteiger partial charge in [-0.15, -0.1) is 0 Å². The molecule has 1 N–H and O–H groups in total. The third kappa shape index (κ3) is 12.0. The van der Waals surface area contributed by atoms with E-state index in [1.807, 2.05) is 140 Å². The van der Waals surface area contributed by atoms with Gasteiger partial charge in [-0.1, -0.05) is 164 Å². The molecular weight excluding hydrogens is 915 g/mol. The zero-order valence-corrected chi connectivity index (χ0v) is 39.4. The minimum atomic E-state index is -1.33. The largest absolute Gasteiger partial charge is 0.459 e. The highest BCUT2D eigenvalue weighted by Gasteiger charge is 2.57. The molecule has 0 unspecified atom stereocenters. The van der Waals surface area contributed by atoms with Crippen molar-refractivity contribution < 1.29 is 57.0 Å². The summed E-state index contributed by atoms with van der Waals surface area (Å²) in [7, 11) is 0. The molecule has 0 spiro atoms. The molecule has 10 atom stereocenters. The summed E-state index contributed by atoms with van der Waals surface area (Å²) in [5.41, 5.74) is 4.07. The van der Waals surface area contributed by atoms with Crippen molar-refractivity contribution in [1.82, 2.24) is 5.32 Å². The molecule has 1 amide bonds. The lowest BCUT2D eigenvalue weighted by Gasteiger charge is -2.48. The van der Waals surface area contributed by atoms with Gasteiger partial charge in [-0.2, -0.15) is 0 Å². The van der Waals surface area contributed by atoms with Crippen molar-refractivity contribution in [2.75, 3.05) is 13.2 Å². The number of hydrogen-bond donors (Lipinski definition) is 1. The first-order chi connectivity index (χ1) is 35.4. The van der Waals surface area contributed by atoms with Crippen LogP contribution in [0.4, 0.5) is 0 Å². The lowest BCUT2D eigenvalue weighted by molar-refractivity contribution is -0.329. The summed E-state index contributed by atoms with van der Waals surface area (Å²) in [6.45, 7) is 0.137. The molecule has 3 aliphatic heterocycles. The third-order valence-electron chi connectivity index (χ3n) is 13.0. The molecule has 10 rings (SSSR count). The highest BCUT2D eigenvalue weighted by atomic mass is 16.8. The Kier molecular flexibility index (Phi) is 15.8. The van der Waals surface area contributed by atoms with Crippen LogP contribution in [0.1, 0.15) is 43.0 Å². The second-order valence-electron chi connectivity index (χ2n) is 18.0. The molecule has 3 heterocycles. The van der Waals surface area contributed by atoms with Crippen LogP contribution in [-0.2, 0) is 73.7 Å². The average Bonchev–Trinajstić information content (AvgIpc) is 3.87. The minimum Gasteiger partial charge on any atom is -0.459 e. The van der Waals surface area contributed by atoms with Crippen LogP contribution in [0.3, 0.4) is 0 Å². The van der Waals surface area contributed by atoms with Gasteiger partial charge in [-0.3, -0.25) is 4.79 Å². The Morgan fingerprint density at radius 1 is 0.500 bits per heavy atom. The molecule has 13 nitrogen and oxygen atoms in total. The van der Waals surface area contributed by atoms with Gasteiger partial charge in [0.2, 0.25) is 5.91 Å².